The fourth-order valence-corrected chi connectivity index (χ4v) is 1.06. The molecule has 0 aliphatic rings. The summed E-state index contributed by atoms with van der Waals surface area (Å²) in [4.78, 5) is 22.0. The van der Waals surface area contributed by atoms with Crippen molar-refractivity contribution in [1.29, 1.82) is 0 Å². The van der Waals surface area contributed by atoms with Crippen molar-refractivity contribution in [2.24, 2.45) is 5.84 Å². The van der Waals surface area contributed by atoms with Crippen LogP contribution in [0.3, 0.4) is 0 Å². The minimum Gasteiger partial charge on any atom is -0.326 e. The highest BCUT2D eigenvalue weighted by molar-refractivity contribution is 6.30. The molecule has 0 fully saturated rings. The van der Waals surface area contributed by atoms with Crippen LogP contribution in [-0.2, 0) is 9.59 Å². The molecule has 0 saturated carbocycles. The second-order valence-electron chi connectivity index (χ2n) is 2.80. The van der Waals surface area contributed by atoms with Gasteiger partial charge in [0, 0.05) is 10.7 Å². The van der Waals surface area contributed by atoms with E-state index in [-0.39, 0.29) is 6.42 Å². The maximum atomic E-state index is 11.2. The van der Waals surface area contributed by atoms with Crippen LogP contribution in [0.1, 0.15) is 6.42 Å². The Morgan fingerprint density at radius 3 is 2.33 bits per heavy atom. The molecular formula is C9H10ClN3O2. The van der Waals surface area contributed by atoms with Crippen LogP contribution in [-0.4, -0.2) is 11.8 Å². The maximum absolute atomic E-state index is 11.2. The normalized spacial score (nSPS) is 9.47. The zero-order valence-electron chi connectivity index (χ0n) is 7.79. The first-order valence-corrected chi connectivity index (χ1v) is 4.54. The minimum atomic E-state index is -0.540. The van der Waals surface area contributed by atoms with E-state index in [0.717, 1.165) is 0 Å². The van der Waals surface area contributed by atoms with Crippen LogP contribution in [0.5, 0.6) is 0 Å². The number of hydrogen-bond acceptors (Lipinski definition) is 3. The van der Waals surface area contributed by atoms with Gasteiger partial charge >= 0.3 is 0 Å². The Hall–Kier alpha value is -1.59. The molecule has 1 aromatic rings. The lowest BCUT2D eigenvalue weighted by atomic mass is 10.3. The molecule has 1 aromatic carbocycles. The van der Waals surface area contributed by atoms with Crippen molar-refractivity contribution in [2.75, 3.05) is 5.32 Å². The van der Waals surface area contributed by atoms with Crippen LogP contribution in [0.25, 0.3) is 0 Å². The summed E-state index contributed by atoms with van der Waals surface area (Å²) in [5.74, 6) is 3.87. The third-order valence-electron chi connectivity index (χ3n) is 1.61. The lowest BCUT2D eigenvalue weighted by Crippen LogP contribution is -2.33. The summed E-state index contributed by atoms with van der Waals surface area (Å²) in [6.45, 7) is 0. The second-order valence-corrected chi connectivity index (χ2v) is 3.24. The highest BCUT2D eigenvalue weighted by atomic mass is 35.5. The zero-order valence-corrected chi connectivity index (χ0v) is 8.54. The van der Waals surface area contributed by atoms with Crippen molar-refractivity contribution in [2.45, 2.75) is 6.42 Å². The molecule has 0 aliphatic heterocycles. The van der Waals surface area contributed by atoms with Crippen LogP contribution in [0.2, 0.25) is 5.02 Å². The molecule has 2 amide bonds. The van der Waals surface area contributed by atoms with E-state index in [0.29, 0.717) is 10.7 Å². The molecule has 6 heteroatoms. The molecule has 4 N–H and O–H groups in total. The molecule has 0 unspecified atom stereocenters. The van der Waals surface area contributed by atoms with Gasteiger partial charge < -0.3 is 5.32 Å². The van der Waals surface area contributed by atoms with Crippen molar-refractivity contribution in [3.8, 4) is 0 Å². The number of nitrogens with one attached hydrogen (secondary N) is 2. The average molecular weight is 228 g/mol. The number of rotatable bonds is 3. The lowest BCUT2D eigenvalue weighted by Gasteiger charge is -2.04. The van der Waals surface area contributed by atoms with Crippen molar-refractivity contribution in [3.63, 3.8) is 0 Å². The number of hydrogen-bond donors (Lipinski definition) is 3. The number of halogens is 1. The summed E-state index contributed by atoms with van der Waals surface area (Å²) >= 11 is 5.66. The van der Waals surface area contributed by atoms with Gasteiger partial charge in [-0.3, -0.25) is 15.0 Å². The third kappa shape index (κ3) is 3.97. The quantitative estimate of drug-likeness (QED) is 0.307. The standard InChI is InChI=1S/C9H10ClN3O2/c10-6-1-3-7(4-2-6)12-8(14)5-9(15)13-11/h1-4H,5,11H2,(H,12,14)(H,13,15). The van der Waals surface area contributed by atoms with Crippen molar-refractivity contribution >= 4 is 29.1 Å². The molecule has 15 heavy (non-hydrogen) atoms. The Bertz CT molecular complexity index is 364. The lowest BCUT2D eigenvalue weighted by molar-refractivity contribution is -0.126. The van der Waals surface area contributed by atoms with E-state index in [1.165, 1.54) is 0 Å². The Balaban J connectivity index is 2.51. The van der Waals surface area contributed by atoms with Gasteiger partial charge in [0.15, 0.2) is 0 Å². The molecular weight excluding hydrogens is 218 g/mol. The summed E-state index contributed by atoms with van der Waals surface area (Å²) in [5.41, 5.74) is 2.45. The first-order chi connectivity index (χ1) is 7.11. The van der Waals surface area contributed by atoms with Gasteiger partial charge in [0.1, 0.15) is 6.42 Å². The van der Waals surface area contributed by atoms with E-state index in [4.69, 9.17) is 17.4 Å². The summed E-state index contributed by atoms with van der Waals surface area (Å²) in [6, 6.07) is 6.56. The van der Waals surface area contributed by atoms with E-state index >= 15 is 0 Å². The number of nitrogens with two attached hydrogens (primary N) is 1. The summed E-state index contributed by atoms with van der Waals surface area (Å²) in [7, 11) is 0. The van der Waals surface area contributed by atoms with E-state index < -0.39 is 11.8 Å². The molecule has 0 heterocycles. The van der Waals surface area contributed by atoms with Crippen LogP contribution in [0.4, 0.5) is 5.69 Å². The number of carbonyl (C=O) groups excluding carboxylic acids is 2. The number of anilines is 1. The van der Waals surface area contributed by atoms with Gasteiger partial charge in [-0.25, -0.2) is 5.84 Å². The Morgan fingerprint density at radius 1 is 1.20 bits per heavy atom. The van der Waals surface area contributed by atoms with Gasteiger partial charge in [-0.2, -0.15) is 0 Å². The third-order valence-corrected chi connectivity index (χ3v) is 1.86. The average Bonchev–Trinajstić information content (AvgIpc) is 2.21. The zero-order chi connectivity index (χ0) is 11.3. The topological polar surface area (TPSA) is 84.2 Å². The summed E-state index contributed by atoms with van der Waals surface area (Å²) < 4.78 is 0. The fourth-order valence-electron chi connectivity index (χ4n) is 0.935. The molecule has 0 atom stereocenters. The van der Waals surface area contributed by atoms with Gasteiger partial charge in [0.05, 0.1) is 0 Å². The molecule has 0 bridgehead atoms. The number of amides is 2. The monoisotopic (exact) mass is 227 g/mol. The van der Waals surface area contributed by atoms with E-state index in [1.807, 2.05) is 5.43 Å². The number of carbonyl (C=O) groups is 2. The van der Waals surface area contributed by atoms with Crippen molar-refractivity contribution < 1.29 is 9.59 Å². The van der Waals surface area contributed by atoms with Gasteiger partial charge in [0.25, 0.3) is 0 Å². The largest absolute Gasteiger partial charge is 0.326 e. The smallest absolute Gasteiger partial charge is 0.243 e. The van der Waals surface area contributed by atoms with Gasteiger partial charge in [-0.1, -0.05) is 11.6 Å². The van der Waals surface area contributed by atoms with Crippen LogP contribution >= 0.6 is 11.6 Å². The fraction of sp³-hybridized carbons (Fsp3) is 0.111. The van der Waals surface area contributed by atoms with Crippen LogP contribution in [0, 0.1) is 0 Å². The van der Waals surface area contributed by atoms with Crippen molar-refractivity contribution in [3.05, 3.63) is 29.3 Å². The Morgan fingerprint density at radius 2 is 1.80 bits per heavy atom. The van der Waals surface area contributed by atoms with E-state index in [9.17, 15) is 9.59 Å². The Labute approximate surface area is 91.6 Å². The predicted octanol–water partition coefficient (Wildman–Crippen LogP) is 0.658. The van der Waals surface area contributed by atoms with E-state index in [1.54, 1.807) is 24.3 Å². The molecule has 0 saturated heterocycles. The van der Waals surface area contributed by atoms with Crippen molar-refractivity contribution in [1.82, 2.24) is 5.43 Å². The highest BCUT2D eigenvalue weighted by Crippen LogP contribution is 2.13. The first-order valence-electron chi connectivity index (χ1n) is 4.16. The molecule has 5 nitrogen and oxygen atoms in total. The molecule has 0 aliphatic carbocycles. The number of benzene rings is 1. The van der Waals surface area contributed by atoms with Crippen LogP contribution in [0.15, 0.2) is 24.3 Å². The van der Waals surface area contributed by atoms with Crippen LogP contribution < -0.4 is 16.6 Å². The molecule has 80 valence electrons. The van der Waals surface area contributed by atoms with Gasteiger partial charge in [0.2, 0.25) is 11.8 Å². The molecule has 0 spiro atoms. The summed E-state index contributed by atoms with van der Waals surface area (Å²) in [6.07, 6.45) is -0.306. The molecule has 0 radical (unpaired) electrons. The minimum absolute atomic E-state index is 0.306. The van der Waals surface area contributed by atoms with E-state index in [2.05, 4.69) is 5.32 Å². The second kappa shape index (κ2) is 5.33. The SMILES string of the molecule is NNC(=O)CC(=O)Nc1ccc(Cl)cc1. The highest BCUT2D eigenvalue weighted by Gasteiger charge is 2.07. The maximum Gasteiger partial charge on any atom is 0.243 e. The number of hydrazine groups is 1. The molecule has 0 aromatic heterocycles. The first kappa shape index (κ1) is 11.5. The predicted molar refractivity (Wildman–Crippen MR) is 57.0 cm³/mol. The summed E-state index contributed by atoms with van der Waals surface area (Å²) in [5, 5.41) is 3.10. The van der Waals surface area contributed by atoms with Gasteiger partial charge in [-0.15, -0.1) is 0 Å². The Kier molecular flexibility index (Phi) is 4.08. The molecule has 1 rings (SSSR count). The van der Waals surface area contributed by atoms with Gasteiger partial charge in [-0.05, 0) is 24.3 Å².